The average Bonchev–Trinajstić information content (AvgIpc) is 2.61. The molecule has 6 heteroatoms. The number of rotatable bonds is 2. The van der Waals surface area contributed by atoms with Crippen LogP contribution in [0.5, 0.6) is 0 Å². The van der Waals surface area contributed by atoms with E-state index >= 15 is 0 Å². The van der Waals surface area contributed by atoms with Crippen molar-refractivity contribution >= 4 is 11.6 Å². The summed E-state index contributed by atoms with van der Waals surface area (Å²) in [6.45, 7) is 3.84. The van der Waals surface area contributed by atoms with Gasteiger partial charge in [-0.1, -0.05) is 0 Å². The molecule has 1 unspecified atom stereocenters. The molecule has 6 nitrogen and oxygen atoms in total. The molecule has 1 amide bonds. The second kappa shape index (κ2) is 5.21. The van der Waals surface area contributed by atoms with Gasteiger partial charge in [0.1, 0.15) is 5.69 Å². The first-order valence-corrected chi connectivity index (χ1v) is 6.66. The van der Waals surface area contributed by atoms with Gasteiger partial charge in [-0.2, -0.15) is 5.10 Å². The Hall–Kier alpha value is -1.56. The molecule has 1 aliphatic heterocycles. The molecule has 2 heterocycles. The summed E-state index contributed by atoms with van der Waals surface area (Å²) < 4.78 is 1.58. The van der Waals surface area contributed by atoms with Crippen molar-refractivity contribution in [2.75, 3.05) is 32.9 Å². The van der Waals surface area contributed by atoms with Gasteiger partial charge in [0.15, 0.2) is 0 Å². The number of anilines is 1. The van der Waals surface area contributed by atoms with E-state index in [0.717, 1.165) is 25.9 Å². The number of aromatic nitrogens is 2. The lowest BCUT2D eigenvalue weighted by molar-refractivity contribution is 0.0634. The number of nitrogen functional groups attached to an aromatic ring is 1. The van der Waals surface area contributed by atoms with Gasteiger partial charge in [0.2, 0.25) is 0 Å². The molecule has 1 saturated heterocycles. The zero-order chi connectivity index (χ0) is 14.2. The summed E-state index contributed by atoms with van der Waals surface area (Å²) in [5, 5.41) is 4.21. The van der Waals surface area contributed by atoms with Crippen molar-refractivity contribution in [3.05, 3.63) is 11.4 Å². The fourth-order valence-corrected chi connectivity index (χ4v) is 2.72. The molecule has 2 N–H and O–H groups in total. The highest BCUT2D eigenvalue weighted by Crippen LogP contribution is 2.20. The van der Waals surface area contributed by atoms with E-state index in [1.807, 2.05) is 18.9 Å². The number of hydrogen-bond donors (Lipinski definition) is 1. The molecule has 19 heavy (non-hydrogen) atoms. The molecule has 1 aliphatic rings. The van der Waals surface area contributed by atoms with Gasteiger partial charge >= 0.3 is 0 Å². The van der Waals surface area contributed by atoms with Gasteiger partial charge in [-0.3, -0.25) is 9.48 Å². The Morgan fingerprint density at radius 2 is 2.16 bits per heavy atom. The van der Waals surface area contributed by atoms with Crippen molar-refractivity contribution < 1.29 is 4.79 Å². The third-order valence-electron chi connectivity index (χ3n) is 3.94. The third-order valence-corrected chi connectivity index (χ3v) is 3.94. The van der Waals surface area contributed by atoms with Gasteiger partial charge in [-0.05, 0) is 33.4 Å². The van der Waals surface area contributed by atoms with Crippen molar-refractivity contribution in [1.82, 2.24) is 19.6 Å². The van der Waals surface area contributed by atoms with E-state index in [9.17, 15) is 4.79 Å². The van der Waals surface area contributed by atoms with E-state index in [1.54, 1.807) is 11.7 Å². The van der Waals surface area contributed by atoms with E-state index in [0.29, 0.717) is 17.1 Å². The minimum Gasteiger partial charge on any atom is -0.395 e. The first kappa shape index (κ1) is 13.9. The number of carbonyl (C=O) groups excluding carboxylic acids is 1. The average molecular weight is 265 g/mol. The number of amides is 1. The lowest BCUT2D eigenvalue weighted by Gasteiger charge is -2.35. The van der Waals surface area contributed by atoms with Gasteiger partial charge < -0.3 is 15.5 Å². The number of nitrogens with zero attached hydrogens (tertiary/aromatic N) is 4. The maximum atomic E-state index is 12.6. The van der Waals surface area contributed by atoms with E-state index in [1.165, 1.54) is 0 Å². The number of piperidine rings is 1. The first-order valence-electron chi connectivity index (χ1n) is 6.66. The first-order chi connectivity index (χ1) is 8.91. The Kier molecular flexibility index (Phi) is 3.80. The summed E-state index contributed by atoms with van der Waals surface area (Å²) in [6, 6.07) is 0.251. The predicted molar refractivity (Wildman–Crippen MR) is 75.0 cm³/mol. The number of carbonyl (C=O) groups is 1. The normalized spacial score (nSPS) is 20.5. The summed E-state index contributed by atoms with van der Waals surface area (Å²) in [6.07, 6.45) is 2.17. The molecule has 0 spiro atoms. The molecule has 0 radical (unpaired) electrons. The van der Waals surface area contributed by atoms with Gasteiger partial charge in [0, 0.05) is 26.7 Å². The van der Waals surface area contributed by atoms with Gasteiger partial charge in [-0.25, -0.2) is 0 Å². The quantitative estimate of drug-likeness (QED) is 0.844. The van der Waals surface area contributed by atoms with E-state index in [-0.39, 0.29) is 11.9 Å². The zero-order valence-electron chi connectivity index (χ0n) is 12.2. The highest BCUT2D eigenvalue weighted by molar-refractivity contribution is 5.98. The summed E-state index contributed by atoms with van der Waals surface area (Å²) in [5.41, 5.74) is 7.65. The molecule has 0 aromatic carbocycles. The number of likely N-dealkylation sites (N-methyl/N-ethyl adjacent to an activating group) is 2. The summed E-state index contributed by atoms with van der Waals surface area (Å²) in [7, 11) is 5.71. The molecule has 1 fully saturated rings. The van der Waals surface area contributed by atoms with E-state index < -0.39 is 0 Å². The Balaban J connectivity index is 2.19. The van der Waals surface area contributed by atoms with Crippen LogP contribution in [0.3, 0.4) is 0 Å². The summed E-state index contributed by atoms with van der Waals surface area (Å²) in [5.74, 6) is -0.0408. The molecule has 1 atom stereocenters. The van der Waals surface area contributed by atoms with Gasteiger partial charge in [0.25, 0.3) is 5.91 Å². The number of hydrogen-bond acceptors (Lipinski definition) is 4. The van der Waals surface area contributed by atoms with Gasteiger partial charge in [0.05, 0.1) is 11.4 Å². The smallest absolute Gasteiger partial charge is 0.274 e. The number of likely N-dealkylation sites (tertiary alicyclic amines) is 1. The fraction of sp³-hybridized carbons (Fsp3) is 0.692. The third kappa shape index (κ3) is 2.58. The predicted octanol–water partition coefficient (Wildman–Crippen LogP) is 0.477. The molecular weight excluding hydrogens is 242 g/mol. The SMILES string of the molecule is Cc1nn(C)c(C(=O)N(C)C2CCCN(C)C2)c1N. The molecular formula is C13H23N5O. The second-order valence-corrected chi connectivity index (χ2v) is 5.45. The molecule has 2 rings (SSSR count). The molecule has 0 saturated carbocycles. The zero-order valence-corrected chi connectivity index (χ0v) is 12.2. The lowest BCUT2D eigenvalue weighted by Crippen LogP contribution is -2.47. The van der Waals surface area contributed by atoms with Crippen molar-refractivity contribution in [2.24, 2.45) is 7.05 Å². The van der Waals surface area contributed by atoms with Crippen LogP contribution in [0.4, 0.5) is 5.69 Å². The highest BCUT2D eigenvalue weighted by Gasteiger charge is 2.28. The van der Waals surface area contributed by atoms with Crippen molar-refractivity contribution in [1.29, 1.82) is 0 Å². The van der Waals surface area contributed by atoms with Crippen LogP contribution in [0, 0.1) is 6.92 Å². The van der Waals surface area contributed by atoms with Crippen LogP contribution >= 0.6 is 0 Å². The van der Waals surface area contributed by atoms with Crippen LogP contribution in [0.25, 0.3) is 0 Å². The van der Waals surface area contributed by atoms with Crippen LogP contribution < -0.4 is 5.73 Å². The molecule has 0 bridgehead atoms. The monoisotopic (exact) mass is 265 g/mol. The van der Waals surface area contributed by atoms with Gasteiger partial charge in [-0.15, -0.1) is 0 Å². The topological polar surface area (TPSA) is 67.4 Å². The Morgan fingerprint density at radius 3 is 2.68 bits per heavy atom. The fourth-order valence-electron chi connectivity index (χ4n) is 2.72. The lowest BCUT2D eigenvalue weighted by atomic mass is 10.0. The standard InChI is InChI=1S/C13H23N5O/c1-9-11(14)12(18(4)15-9)13(19)17(3)10-6-5-7-16(2)8-10/h10H,5-8,14H2,1-4H3. The van der Waals surface area contributed by atoms with E-state index in [2.05, 4.69) is 17.0 Å². The molecule has 106 valence electrons. The largest absolute Gasteiger partial charge is 0.395 e. The molecule has 1 aromatic rings. The van der Waals surface area contributed by atoms with Crippen LogP contribution in [0.2, 0.25) is 0 Å². The molecule has 0 aliphatic carbocycles. The second-order valence-electron chi connectivity index (χ2n) is 5.45. The van der Waals surface area contributed by atoms with Crippen LogP contribution in [0.15, 0.2) is 0 Å². The minimum atomic E-state index is -0.0408. The summed E-state index contributed by atoms with van der Waals surface area (Å²) in [4.78, 5) is 16.6. The minimum absolute atomic E-state index is 0.0408. The molecule has 1 aromatic heterocycles. The van der Waals surface area contributed by atoms with Crippen molar-refractivity contribution in [2.45, 2.75) is 25.8 Å². The van der Waals surface area contributed by atoms with Crippen molar-refractivity contribution in [3.63, 3.8) is 0 Å². The maximum absolute atomic E-state index is 12.6. The Morgan fingerprint density at radius 1 is 1.47 bits per heavy atom. The number of nitrogens with two attached hydrogens (primary N) is 1. The van der Waals surface area contributed by atoms with Crippen LogP contribution in [-0.4, -0.2) is 58.7 Å². The highest BCUT2D eigenvalue weighted by atomic mass is 16.2. The summed E-state index contributed by atoms with van der Waals surface area (Å²) >= 11 is 0. The Bertz CT molecular complexity index is 482. The maximum Gasteiger partial charge on any atom is 0.274 e. The van der Waals surface area contributed by atoms with Crippen molar-refractivity contribution in [3.8, 4) is 0 Å². The van der Waals surface area contributed by atoms with Crippen LogP contribution in [-0.2, 0) is 7.05 Å². The Labute approximate surface area is 114 Å². The van der Waals surface area contributed by atoms with E-state index in [4.69, 9.17) is 5.73 Å². The number of aryl methyl sites for hydroxylation is 2. The van der Waals surface area contributed by atoms with Crippen LogP contribution in [0.1, 0.15) is 29.0 Å².